The van der Waals surface area contributed by atoms with E-state index < -0.39 is 5.97 Å². The summed E-state index contributed by atoms with van der Waals surface area (Å²) in [5.74, 6) is -0.954. The Morgan fingerprint density at radius 2 is 1.58 bits per heavy atom. The highest BCUT2D eigenvalue weighted by Crippen LogP contribution is 2.30. The van der Waals surface area contributed by atoms with Crippen molar-refractivity contribution in [2.24, 2.45) is 11.8 Å². The first kappa shape index (κ1) is 13.6. The third-order valence-electron chi connectivity index (χ3n) is 3.90. The van der Waals surface area contributed by atoms with Crippen molar-refractivity contribution in [1.82, 2.24) is 0 Å². The molecule has 102 valence electrons. The lowest BCUT2D eigenvalue weighted by Gasteiger charge is -2.29. The number of hydrogen-bond acceptors (Lipinski definition) is 2. The maximum atomic E-state index is 12.4. The van der Waals surface area contributed by atoms with Gasteiger partial charge in [0.1, 0.15) is 0 Å². The van der Waals surface area contributed by atoms with E-state index in [1.54, 1.807) is 11.9 Å². The van der Waals surface area contributed by atoms with E-state index in [1.165, 1.54) is 0 Å². The molecule has 0 spiro atoms. The Bertz CT molecular complexity index is 450. The molecule has 1 N–H and O–H groups in total. The Hall–Kier alpha value is -1.84. The summed E-state index contributed by atoms with van der Waals surface area (Å²) in [6, 6.07) is 9.53. The maximum absolute atomic E-state index is 12.4. The molecule has 0 heterocycles. The molecule has 0 aliphatic heterocycles. The van der Waals surface area contributed by atoms with Crippen LogP contribution in [0.3, 0.4) is 0 Å². The van der Waals surface area contributed by atoms with Gasteiger partial charge in [0.2, 0.25) is 5.91 Å². The highest BCUT2D eigenvalue weighted by atomic mass is 16.4. The van der Waals surface area contributed by atoms with E-state index in [0.717, 1.165) is 5.69 Å². The molecule has 2 rings (SSSR count). The maximum Gasteiger partial charge on any atom is 0.306 e. The van der Waals surface area contributed by atoms with E-state index >= 15 is 0 Å². The first-order valence-corrected chi connectivity index (χ1v) is 6.65. The van der Waals surface area contributed by atoms with E-state index in [9.17, 15) is 9.59 Å². The first-order valence-electron chi connectivity index (χ1n) is 6.65. The quantitative estimate of drug-likeness (QED) is 0.909. The van der Waals surface area contributed by atoms with E-state index in [4.69, 9.17) is 5.11 Å². The number of benzene rings is 1. The molecule has 0 atom stereocenters. The van der Waals surface area contributed by atoms with E-state index in [1.807, 2.05) is 30.3 Å². The Morgan fingerprint density at radius 3 is 2.11 bits per heavy atom. The molecule has 4 nitrogen and oxygen atoms in total. The molecular formula is C15H19NO3. The summed E-state index contributed by atoms with van der Waals surface area (Å²) >= 11 is 0. The Morgan fingerprint density at radius 1 is 1.05 bits per heavy atom. The average Bonchev–Trinajstić information content (AvgIpc) is 2.46. The number of carboxylic acid groups (broad SMARTS) is 1. The zero-order chi connectivity index (χ0) is 13.8. The summed E-state index contributed by atoms with van der Waals surface area (Å²) in [4.78, 5) is 24.9. The third-order valence-corrected chi connectivity index (χ3v) is 3.90. The van der Waals surface area contributed by atoms with Gasteiger partial charge in [0, 0.05) is 18.7 Å². The smallest absolute Gasteiger partial charge is 0.306 e. The van der Waals surface area contributed by atoms with Crippen molar-refractivity contribution >= 4 is 17.6 Å². The molecule has 0 radical (unpaired) electrons. The molecule has 1 aliphatic rings. The van der Waals surface area contributed by atoms with Crippen LogP contribution in [0.2, 0.25) is 0 Å². The molecule has 19 heavy (non-hydrogen) atoms. The van der Waals surface area contributed by atoms with Gasteiger partial charge in [-0.3, -0.25) is 9.59 Å². The van der Waals surface area contributed by atoms with Gasteiger partial charge >= 0.3 is 5.97 Å². The molecule has 1 saturated carbocycles. The van der Waals surface area contributed by atoms with Crippen LogP contribution in [0.25, 0.3) is 0 Å². The number of anilines is 1. The predicted octanol–water partition coefficient (Wildman–Crippen LogP) is 2.54. The SMILES string of the molecule is CN(C(=O)C1CCC(C(=O)O)CC1)c1ccccc1. The van der Waals surface area contributed by atoms with Gasteiger partial charge in [-0.2, -0.15) is 0 Å². The molecule has 0 bridgehead atoms. The Balaban J connectivity index is 1.96. The van der Waals surface area contributed by atoms with Crippen LogP contribution in [0.5, 0.6) is 0 Å². The topological polar surface area (TPSA) is 57.6 Å². The highest BCUT2D eigenvalue weighted by molar-refractivity contribution is 5.94. The summed E-state index contributed by atoms with van der Waals surface area (Å²) in [5, 5.41) is 8.95. The van der Waals surface area contributed by atoms with Crippen molar-refractivity contribution < 1.29 is 14.7 Å². The molecule has 0 unspecified atom stereocenters. The van der Waals surface area contributed by atoms with E-state index in [0.29, 0.717) is 25.7 Å². The van der Waals surface area contributed by atoms with Gasteiger partial charge in [-0.1, -0.05) is 18.2 Å². The summed E-state index contributed by atoms with van der Waals surface area (Å²) in [7, 11) is 1.78. The van der Waals surface area contributed by atoms with Crippen molar-refractivity contribution in [3.8, 4) is 0 Å². The van der Waals surface area contributed by atoms with E-state index in [-0.39, 0.29) is 17.7 Å². The minimum absolute atomic E-state index is 0.0409. The lowest BCUT2D eigenvalue weighted by molar-refractivity contribution is -0.143. The number of carbonyl (C=O) groups is 2. The normalized spacial score (nSPS) is 22.8. The minimum Gasteiger partial charge on any atom is -0.481 e. The fourth-order valence-corrected chi connectivity index (χ4v) is 2.64. The molecule has 0 aromatic heterocycles. The lowest BCUT2D eigenvalue weighted by Crippen LogP contribution is -2.35. The standard InChI is InChI=1S/C15H19NO3/c1-16(13-5-3-2-4-6-13)14(17)11-7-9-12(10-8-11)15(18)19/h2-6,11-12H,7-10H2,1H3,(H,18,19). The first-order chi connectivity index (χ1) is 9.09. The van der Waals surface area contributed by atoms with Crippen LogP contribution >= 0.6 is 0 Å². The van der Waals surface area contributed by atoms with E-state index in [2.05, 4.69) is 0 Å². The van der Waals surface area contributed by atoms with Gasteiger partial charge in [-0.15, -0.1) is 0 Å². The van der Waals surface area contributed by atoms with Gasteiger partial charge in [0.25, 0.3) is 0 Å². The minimum atomic E-state index is -0.734. The molecule has 1 amide bonds. The molecule has 1 fully saturated rings. The Kier molecular flexibility index (Phi) is 4.20. The number of para-hydroxylation sites is 1. The van der Waals surface area contributed by atoms with Crippen LogP contribution in [0.15, 0.2) is 30.3 Å². The van der Waals surface area contributed by atoms with Gasteiger partial charge in [-0.05, 0) is 37.8 Å². The number of aliphatic carboxylic acids is 1. The number of hydrogen-bond donors (Lipinski definition) is 1. The second-order valence-electron chi connectivity index (χ2n) is 5.12. The fraction of sp³-hybridized carbons (Fsp3) is 0.467. The number of carbonyl (C=O) groups excluding carboxylic acids is 1. The predicted molar refractivity (Wildman–Crippen MR) is 72.9 cm³/mol. The monoisotopic (exact) mass is 261 g/mol. The van der Waals surface area contributed by atoms with Gasteiger partial charge in [-0.25, -0.2) is 0 Å². The molecule has 1 aromatic carbocycles. The van der Waals surface area contributed by atoms with Crippen molar-refractivity contribution in [2.45, 2.75) is 25.7 Å². The average molecular weight is 261 g/mol. The van der Waals surface area contributed by atoms with Crippen molar-refractivity contribution in [3.05, 3.63) is 30.3 Å². The molecule has 1 aliphatic carbocycles. The second-order valence-corrected chi connectivity index (χ2v) is 5.12. The Labute approximate surface area is 113 Å². The number of amides is 1. The summed E-state index contributed by atoms with van der Waals surface area (Å²) in [5.41, 5.74) is 0.882. The van der Waals surface area contributed by atoms with Gasteiger partial charge < -0.3 is 10.0 Å². The highest BCUT2D eigenvalue weighted by Gasteiger charge is 2.31. The zero-order valence-electron chi connectivity index (χ0n) is 11.1. The van der Waals surface area contributed by atoms with Crippen molar-refractivity contribution in [3.63, 3.8) is 0 Å². The van der Waals surface area contributed by atoms with Crippen LogP contribution in [0.1, 0.15) is 25.7 Å². The largest absolute Gasteiger partial charge is 0.481 e. The molecule has 1 aromatic rings. The molecular weight excluding hydrogens is 242 g/mol. The van der Waals surface area contributed by atoms with Gasteiger partial charge in [0.05, 0.1) is 5.92 Å². The van der Waals surface area contributed by atoms with Gasteiger partial charge in [0.15, 0.2) is 0 Å². The van der Waals surface area contributed by atoms with Crippen LogP contribution in [0.4, 0.5) is 5.69 Å². The van der Waals surface area contributed by atoms with Crippen molar-refractivity contribution in [1.29, 1.82) is 0 Å². The third kappa shape index (κ3) is 3.13. The number of rotatable bonds is 3. The fourth-order valence-electron chi connectivity index (χ4n) is 2.64. The van der Waals surface area contributed by atoms with Crippen LogP contribution in [0, 0.1) is 11.8 Å². The lowest BCUT2D eigenvalue weighted by atomic mass is 9.81. The van der Waals surface area contributed by atoms with Crippen LogP contribution in [-0.2, 0) is 9.59 Å². The van der Waals surface area contributed by atoms with Crippen LogP contribution in [-0.4, -0.2) is 24.0 Å². The summed E-state index contributed by atoms with van der Waals surface area (Å²) < 4.78 is 0. The van der Waals surface area contributed by atoms with Crippen molar-refractivity contribution in [2.75, 3.05) is 11.9 Å². The summed E-state index contributed by atoms with van der Waals surface area (Å²) in [6.45, 7) is 0. The van der Waals surface area contributed by atoms with Crippen LogP contribution < -0.4 is 4.90 Å². The number of carboxylic acids is 1. The molecule has 0 saturated heterocycles. The summed E-state index contributed by atoms with van der Waals surface area (Å²) in [6.07, 6.45) is 2.56. The second kappa shape index (κ2) is 5.87. The zero-order valence-corrected chi connectivity index (χ0v) is 11.1. The molecule has 4 heteroatoms. The number of nitrogens with zero attached hydrogens (tertiary/aromatic N) is 1.